The minimum atomic E-state index is 0.382. The second-order valence-corrected chi connectivity index (χ2v) is 3.37. The molecule has 0 aliphatic heterocycles. The third-order valence-corrected chi connectivity index (χ3v) is 1.97. The zero-order valence-corrected chi connectivity index (χ0v) is 7.56. The number of hydrogen-bond acceptors (Lipinski definition) is 0. The van der Waals surface area contributed by atoms with E-state index in [4.69, 9.17) is 0 Å². The molecule has 1 aromatic rings. The molecule has 1 atom stereocenters. The van der Waals surface area contributed by atoms with Crippen molar-refractivity contribution in [2.75, 3.05) is 0 Å². The maximum atomic E-state index is 3.92. The molecule has 0 aliphatic rings. The molecule has 0 aliphatic carbocycles. The molecule has 0 unspecified atom stereocenters. The fourth-order valence-electron chi connectivity index (χ4n) is 0.791. The molecule has 1 aromatic carbocycles. The van der Waals surface area contributed by atoms with E-state index >= 15 is 0 Å². The zero-order valence-electron chi connectivity index (χ0n) is 5.97. The topological polar surface area (TPSA) is 0 Å². The van der Waals surface area contributed by atoms with Crippen LogP contribution in [0.3, 0.4) is 0 Å². The van der Waals surface area contributed by atoms with Gasteiger partial charge in [0, 0.05) is 4.47 Å². The minimum Gasteiger partial charge on any atom is -0.0584 e. The van der Waals surface area contributed by atoms with Gasteiger partial charge in [0.1, 0.15) is 0 Å². The Morgan fingerprint density at radius 1 is 1.30 bits per heavy atom. The smallest absolute Gasteiger partial charge is 0.0175 e. The summed E-state index contributed by atoms with van der Waals surface area (Å²) in [6.45, 7) is 6.01. The molecule has 0 amide bonds. The van der Waals surface area contributed by atoms with Crippen LogP contribution in [0.2, 0.25) is 0 Å². The van der Waals surface area contributed by atoms with E-state index in [1.807, 2.05) is 12.1 Å². The van der Waals surface area contributed by atoms with Gasteiger partial charge in [0.15, 0.2) is 0 Å². The van der Waals surface area contributed by atoms with Gasteiger partial charge in [-0.05, 0) is 30.5 Å². The molecule has 10 heavy (non-hydrogen) atoms. The van der Waals surface area contributed by atoms with Crippen molar-refractivity contribution in [3.63, 3.8) is 0 Å². The summed E-state index contributed by atoms with van der Waals surface area (Å²) in [6, 6.07) is 8.25. The first-order valence-corrected chi connectivity index (χ1v) is 4.08. The van der Waals surface area contributed by atoms with E-state index in [2.05, 4.69) is 41.9 Å². The van der Waals surface area contributed by atoms with Crippen LogP contribution < -0.4 is 0 Å². The second kappa shape index (κ2) is 3.20. The van der Waals surface area contributed by atoms with Crippen molar-refractivity contribution in [3.05, 3.63) is 41.2 Å². The summed E-state index contributed by atoms with van der Waals surface area (Å²) in [7, 11) is 0. The molecule has 1 heteroatoms. The van der Waals surface area contributed by atoms with Crippen molar-refractivity contribution in [3.8, 4) is 0 Å². The van der Waals surface area contributed by atoms with Gasteiger partial charge in [-0.15, -0.1) is 0 Å². The summed E-state index contributed by atoms with van der Waals surface area (Å²) in [5.41, 5.74) is 1.28. The lowest BCUT2D eigenvalue weighted by Gasteiger charge is -2.02. The summed E-state index contributed by atoms with van der Waals surface area (Å²) in [5.74, 6) is 0.382. The maximum Gasteiger partial charge on any atom is 0.0175 e. The number of benzene rings is 1. The fraction of sp³-hybridized carbons (Fsp3) is 0.222. The molecule has 0 aromatic heterocycles. The van der Waals surface area contributed by atoms with Gasteiger partial charge in [-0.2, -0.15) is 0 Å². The largest absolute Gasteiger partial charge is 0.0584 e. The molecular formula is C9H10Br. The molecule has 0 bridgehead atoms. The number of halogens is 1. The van der Waals surface area contributed by atoms with E-state index < -0.39 is 0 Å². The number of hydrogen-bond donors (Lipinski definition) is 0. The third kappa shape index (κ3) is 1.84. The minimum absolute atomic E-state index is 0.382. The summed E-state index contributed by atoms with van der Waals surface area (Å²) < 4.78 is 1.12. The van der Waals surface area contributed by atoms with Crippen molar-refractivity contribution in [2.45, 2.75) is 12.8 Å². The lowest BCUT2D eigenvalue weighted by Crippen LogP contribution is -1.84. The first-order valence-electron chi connectivity index (χ1n) is 3.28. The average Bonchev–Trinajstić information content (AvgIpc) is 1.88. The van der Waals surface area contributed by atoms with Crippen LogP contribution in [-0.4, -0.2) is 0 Å². The van der Waals surface area contributed by atoms with E-state index in [0.717, 1.165) is 4.47 Å². The normalized spacial score (nSPS) is 10.4. The van der Waals surface area contributed by atoms with Crippen molar-refractivity contribution in [2.24, 2.45) is 0 Å². The Hall–Kier alpha value is -0.300. The van der Waals surface area contributed by atoms with Crippen LogP contribution in [0.5, 0.6) is 0 Å². The fourth-order valence-corrected chi connectivity index (χ4v) is 1.06. The van der Waals surface area contributed by atoms with Gasteiger partial charge in [-0.3, -0.25) is 0 Å². The Morgan fingerprint density at radius 2 is 1.80 bits per heavy atom. The molecule has 0 saturated carbocycles. The quantitative estimate of drug-likeness (QED) is 0.648. The molecule has 0 heterocycles. The van der Waals surface area contributed by atoms with Crippen molar-refractivity contribution in [1.82, 2.24) is 0 Å². The third-order valence-electron chi connectivity index (χ3n) is 1.44. The van der Waals surface area contributed by atoms with Gasteiger partial charge in [-0.25, -0.2) is 0 Å². The van der Waals surface area contributed by atoms with Gasteiger partial charge >= 0.3 is 0 Å². The Bertz CT molecular complexity index is 198. The monoisotopic (exact) mass is 197 g/mol. The maximum absolute atomic E-state index is 3.92. The van der Waals surface area contributed by atoms with Crippen molar-refractivity contribution in [1.29, 1.82) is 0 Å². The average molecular weight is 198 g/mol. The predicted octanol–water partition coefficient (Wildman–Crippen LogP) is 3.39. The van der Waals surface area contributed by atoms with Gasteiger partial charge < -0.3 is 0 Å². The summed E-state index contributed by atoms with van der Waals surface area (Å²) >= 11 is 3.37. The Kier molecular flexibility index (Phi) is 2.50. The van der Waals surface area contributed by atoms with Gasteiger partial charge in [-0.1, -0.05) is 35.0 Å². The SMILES string of the molecule is [CH2][C@@H](C)c1ccc(Br)cc1. The summed E-state index contributed by atoms with van der Waals surface area (Å²) in [5, 5.41) is 0. The summed E-state index contributed by atoms with van der Waals surface area (Å²) in [4.78, 5) is 0. The van der Waals surface area contributed by atoms with Gasteiger partial charge in [0.25, 0.3) is 0 Å². The molecule has 0 nitrogen and oxygen atoms in total. The highest BCUT2D eigenvalue weighted by Crippen LogP contribution is 2.16. The van der Waals surface area contributed by atoms with Crippen LogP contribution >= 0.6 is 15.9 Å². The van der Waals surface area contributed by atoms with Crippen molar-refractivity contribution < 1.29 is 0 Å². The first-order chi connectivity index (χ1) is 4.70. The molecule has 0 spiro atoms. The van der Waals surface area contributed by atoms with Crippen LogP contribution in [0.15, 0.2) is 28.7 Å². The van der Waals surface area contributed by atoms with E-state index in [1.165, 1.54) is 5.56 Å². The van der Waals surface area contributed by atoms with E-state index in [-0.39, 0.29) is 0 Å². The van der Waals surface area contributed by atoms with E-state index in [9.17, 15) is 0 Å². The van der Waals surface area contributed by atoms with Crippen LogP contribution in [0.25, 0.3) is 0 Å². The number of rotatable bonds is 1. The van der Waals surface area contributed by atoms with Gasteiger partial charge in [0.05, 0.1) is 0 Å². The highest BCUT2D eigenvalue weighted by molar-refractivity contribution is 9.10. The predicted molar refractivity (Wildman–Crippen MR) is 47.9 cm³/mol. The highest BCUT2D eigenvalue weighted by Gasteiger charge is 1.96. The first kappa shape index (κ1) is 7.80. The van der Waals surface area contributed by atoms with E-state index in [0.29, 0.717) is 5.92 Å². The lowest BCUT2D eigenvalue weighted by molar-refractivity contribution is 0.964. The Balaban J connectivity index is 2.89. The molecule has 53 valence electrons. The zero-order chi connectivity index (χ0) is 7.56. The van der Waals surface area contributed by atoms with Crippen molar-refractivity contribution >= 4 is 15.9 Å². The molecule has 0 N–H and O–H groups in total. The standard InChI is InChI=1S/C9H10Br/c1-7(2)8-3-5-9(10)6-4-8/h3-7H,1H2,2H3/t7-/m0/s1. The molecule has 1 rings (SSSR count). The lowest BCUT2D eigenvalue weighted by atomic mass is 10.0. The van der Waals surface area contributed by atoms with Crippen LogP contribution in [0.1, 0.15) is 18.4 Å². The van der Waals surface area contributed by atoms with Gasteiger partial charge in [0.2, 0.25) is 0 Å². The Morgan fingerprint density at radius 3 is 2.20 bits per heavy atom. The molecular weight excluding hydrogens is 188 g/mol. The molecule has 1 radical (unpaired) electrons. The van der Waals surface area contributed by atoms with Crippen LogP contribution in [0, 0.1) is 6.92 Å². The Labute approximate surface area is 70.4 Å². The summed E-state index contributed by atoms with van der Waals surface area (Å²) in [6.07, 6.45) is 0. The van der Waals surface area contributed by atoms with Crippen LogP contribution in [-0.2, 0) is 0 Å². The second-order valence-electron chi connectivity index (χ2n) is 2.45. The molecule has 0 saturated heterocycles. The van der Waals surface area contributed by atoms with E-state index in [1.54, 1.807) is 0 Å². The highest BCUT2D eigenvalue weighted by atomic mass is 79.9. The molecule has 0 fully saturated rings. The van der Waals surface area contributed by atoms with Crippen LogP contribution in [0.4, 0.5) is 0 Å².